The van der Waals surface area contributed by atoms with E-state index >= 15 is 0 Å². The van der Waals surface area contributed by atoms with Gasteiger partial charge in [0.05, 0.1) is 17.8 Å². The lowest BCUT2D eigenvalue weighted by atomic mass is 10.1. The molecule has 0 saturated heterocycles. The lowest BCUT2D eigenvalue weighted by Crippen LogP contribution is -2.07. The van der Waals surface area contributed by atoms with Crippen molar-refractivity contribution in [2.24, 2.45) is 11.8 Å². The number of nitrogen functional groups attached to an aromatic ring is 1. The summed E-state index contributed by atoms with van der Waals surface area (Å²) in [6.45, 7) is 3.23. The first-order chi connectivity index (χ1) is 8.13. The Morgan fingerprint density at radius 1 is 1.53 bits per heavy atom. The molecule has 4 N–H and O–H groups in total. The van der Waals surface area contributed by atoms with Crippen LogP contribution in [0.4, 0.5) is 17.1 Å². The van der Waals surface area contributed by atoms with E-state index in [2.05, 4.69) is 17.6 Å². The third-order valence-corrected chi connectivity index (χ3v) is 3.73. The van der Waals surface area contributed by atoms with E-state index in [1.54, 1.807) is 0 Å². The Bertz CT molecular complexity index is 484. The molecule has 1 fully saturated rings. The highest BCUT2D eigenvalue weighted by molar-refractivity contribution is 6.00. The second-order valence-corrected chi connectivity index (χ2v) is 5.18. The molecule has 17 heavy (non-hydrogen) atoms. The minimum atomic E-state index is 0.0485. The van der Waals surface area contributed by atoms with Crippen molar-refractivity contribution < 1.29 is 4.79 Å². The third kappa shape index (κ3) is 1.95. The van der Waals surface area contributed by atoms with Crippen LogP contribution in [0.1, 0.15) is 18.9 Å². The average molecular weight is 231 g/mol. The van der Waals surface area contributed by atoms with Gasteiger partial charge in [0, 0.05) is 12.2 Å². The Kier molecular flexibility index (Phi) is 2.24. The van der Waals surface area contributed by atoms with E-state index in [9.17, 15) is 4.79 Å². The zero-order valence-electron chi connectivity index (χ0n) is 9.92. The molecule has 1 saturated carbocycles. The molecule has 1 aliphatic carbocycles. The van der Waals surface area contributed by atoms with Crippen LogP contribution in [0, 0.1) is 11.8 Å². The summed E-state index contributed by atoms with van der Waals surface area (Å²) in [6, 6.07) is 3.84. The first-order valence-electron chi connectivity index (χ1n) is 6.09. The molecule has 4 nitrogen and oxygen atoms in total. The quantitative estimate of drug-likeness (QED) is 0.695. The largest absolute Gasteiger partial charge is 0.397 e. The molecule has 2 aliphatic rings. The summed E-state index contributed by atoms with van der Waals surface area (Å²) in [5.74, 6) is 1.66. The normalized spacial score (nSPS) is 25.4. The van der Waals surface area contributed by atoms with Crippen LogP contribution in [-0.2, 0) is 11.2 Å². The summed E-state index contributed by atoms with van der Waals surface area (Å²) < 4.78 is 0. The number of nitrogens with one attached hydrogen (secondary N) is 2. The average Bonchev–Trinajstić information content (AvgIpc) is 2.84. The van der Waals surface area contributed by atoms with E-state index < -0.39 is 0 Å². The summed E-state index contributed by atoms with van der Waals surface area (Å²) in [5.41, 5.74) is 9.54. The molecule has 4 heteroatoms. The first-order valence-corrected chi connectivity index (χ1v) is 6.09. The summed E-state index contributed by atoms with van der Waals surface area (Å²) in [4.78, 5) is 11.3. The number of anilines is 3. The van der Waals surface area contributed by atoms with E-state index in [-0.39, 0.29) is 5.91 Å². The minimum absolute atomic E-state index is 0.0485. The predicted molar refractivity (Wildman–Crippen MR) is 68.9 cm³/mol. The monoisotopic (exact) mass is 231 g/mol. The van der Waals surface area contributed by atoms with Gasteiger partial charge in [-0.3, -0.25) is 4.79 Å². The van der Waals surface area contributed by atoms with E-state index in [0.29, 0.717) is 6.42 Å². The van der Waals surface area contributed by atoms with Crippen molar-refractivity contribution in [3.8, 4) is 0 Å². The van der Waals surface area contributed by atoms with Gasteiger partial charge in [-0.25, -0.2) is 0 Å². The number of hydrogen-bond acceptors (Lipinski definition) is 3. The fourth-order valence-corrected chi connectivity index (χ4v) is 2.37. The number of amides is 1. The van der Waals surface area contributed by atoms with Crippen molar-refractivity contribution in [1.29, 1.82) is 0 Å². The Labute approximate surface area is 101 Å². The zero-order valence-corrected chi connectivity index (χ0v) is 9.92. The highest BCUT2D eigenvalue weighted by Gasteiger charge is 2.32. The smallest absolute Gasteiger partial charge is 0.228 e. The van der Waals surface area contributed by atoms with Crippen LogP contribution in [0.5, 0.6) is 0 Å². The van der Waals surface area contributed by atoms with Gasteiger partial charge in [0.25, 0.3) is 0 Å². The highest BCUT2D eigenvalue weighted by Crippen LogP contribution is 2.38. The number of rotatable bonds is 3. The number of carbonyl (C=O) groups excluding carboxylic acids is 1. The van der Waals surface area contributed by atoms with E-state index in [1.165, 1.54) is 6.42 Å². The molecule has 0 radical (unpaired) electrons. The van der Waals surface area contributed by atoms with Gasteiger partial charge in [0.15, 0.2) is 0 Å². The van der Waals surface area contributed by atoms with Gasteiger partial charge in [-0.15, -0.1) is 0 Å². The summed E-state index contributed by atoms with van der Waals surface area (Å²) in [7, 11) is 0. The van der Waals surface area contributed by atoms with Crippen molar-refractivity contribution in [2.45, 2.75) is 19.8 Å². The maximum Gasteiger partial charge on any atom is 0.228 e. The molecule has 3 rings (SSSR count). The number of carbonyl (C=O) groups is 1. The highest BCUT2D eigenvalue weighted by atomic mass is 16.1. The Balaban J connectivity index is 1.76. The van der Waals surface area contributed by atoms with Crippen LogP contribution in [-0.4, -0.2) is 12.5 Å². The molecule has 0 bridgehead atoms. The molecule has 1 aliphatic heterocycles. The maximum absolute atomic E-state index is 11.3. The number of fused-ring (bicyclic) bond motifs is 1. The molecule has 2 unspecified atom stereocenters. The van der Waals surface area contributed by atoms with E-state index in [1.807, 2.05) is 12.1 Å². The standard InChI is InChI=1S/C13H17N3O/c1-7-2-9(7)6-15-12-5-11-8(3-10(12)14)4-13(17)16-11/h3,5,7,9,15H,2,4,6,14H2,1H3,(H,16,17). The van der Waals surface area contributed by atoms with Crippen LogP contribution in [0.15, 0.2) is 12.1 Å². The van der Waals surface area contributed by atoms with Gasteiger partial charge in [0.1, 0.15) is 0 Å². The van der Waals surface area contributed by atoms with Crippen LogP contribution < -0.4 is 16.4 Å². The SMILES string of the molecule is CC1CC1CNc1cc2c(cc1N)CC(=O)N2. The van der Waals surface area contributed by atoms with Gasteiger partial charge in [-0.1, -0.05) is 6.92 Å². The number of nitrogens with two attached hydrogens (primary N) is 1. The molecule has 0 spiro atoms. The number of benzene rings is 1. The topological polar surface area (TPSA) is 67.1 Å². The Hall–Kier alpha value is -1.71. The first kappa shape index (κ1) is 10.4. The van der Waals surface area contributed by atoms with Crippen molar-refractivity contribution in [3.05, 3.63) is 17.7 Å². The fraction of sp³-hybridized carbons (Fsp3) is 0.462. The lowest BCUT2D eigenvalue weighted by Gasteiger charge is -2.11. The minimum Gasteiger partial charge on any atom is -0.397 e. The van der Waals surface area contributed by atoms with Crippen molar-refractivity contribution in [1.82, 2.24) is 0 Å². The molecule has 1 aromatic carbocycles. The van der Waals surface area contributed by atoms with Gasteiger partial charge in [-0.2, -0.15) is 0 Å². The fourth-order valence-electron chi connectivity index (χ4n) is 2.37. The van der Waals surface area contributed by atoms with E-state index in [4.69, 9.17) is 5.73 Å². The molecule has 0 aromatic heterocycles. The molecule has 1 amide bonds. The second-order valence-electron chi connectivity index (χ2n) is 5.18. The van der Waals surface area contributed by atoms with Crippen LogP contribution in [0.2, 0.25) is 0 Å². The van der Waals surface area contributed by atoms with Gasteiger partial charge < -0.3 is 16.4 Å². The van der Waals surface area contributed by atoms with Gasteiger partial charge in [-0.05, 0) is 36.0 Å². The molecule has 1 aromatic rings. The summed E-state index contributed by atoms with van der Waals surface area (Å²) >= 11 is 0. The van der Waals surface area contributed by atoms with Gasteiger partial charge in [0.2, 0.25) is 5.91 Å². The molecule has 1 heterocycles. The summed E-state index contributed by atoms with van der Waals surface area (Å²) in [6.07, 6.45) is 1.74. The molecule has 90 valence electrons. The Morgan fingerprint density at radius 3 is 3.00 bits per heavy atom. The Morgan fingerprint density at radius 2 is 2.29 bits per heavy atom. The lowest BCUT2D eigenvalue weighted by molar-refractivity contribution is -0.115. The van der Waals surface area contributed by atoms with Gasteiger partial charge >= 0.3 is 0 Å². The molecular formula is C13H17N3O. The third-order valence-electron chi connectivity index (χ3n) is 3.73. The van der Waals surface area contributed by atoms with Crippen LogP contribution in [0.3, 0.4) is 0 Å². The predicted octanol–water partition coefficient (Wildman–Crippen LogP) is 1.83. The number of hydrogen-bond donors (Lipinski definition) is 3. The molecular weight excluding hydrogens is 214 g/mol. The zero-order chi connectivity index (χ0) is 12.0. The van der Waals surface area contributed by atoms with Crippen LogP contribution in [0.25, 0.3) is 0 Å². The van der Waals surface area contributed by atoms with Crippen molar-refractivity contribution >= 4 is 23.0 Å². The van der Waals surface area contributed by atoms with E-state index in [0.717, 1.165) is 41.0 Å². The van der Waals surface area contributed by atoms with Crippen LogP contribution >= 0.6 is 0 Å². The maximum atomic E-state index is 11.3. The van der Waals surface area contributed by atoms with Crippen molar-refractivity contribution in [2.75, 3.05) is 22.9 Å². The second kappa shape index (κ2) is 3.65. The van der Waals surface area contributed by atoms with Crippen molar-refractivity contribution in [3.63, 3.8) is 0 Å². The summed E-state index contributed by atoms with van der Waals surface area (Å²) in [5, 5.41) is 6.22. The molecule has 2 atom stereocenters.